The summed E-state index contributed by atoms with van der Waals surface area (Å²) >= 11 is 7.46. The Hall–Kier alpha value is -1.94. The van der Waals surface area contributed by atoms with Crippen molar-refractivity contribution in [2.24, 2.45) is 0 Å². The van der Waals surface area contributed by atoms with Gasteiger partial charge in [0.25, 0.3) is 0 Å². The second-order valence-corrected chi connectivity index (χ2v) is 8.14. The minimum atomic E-state index is -0.434. The van der Waals surface area contributed by atoms with E-state index in [9.17, 15) is 4.79 Å². The van der Waals surface area contributed by atoms with Gasteiger partial charge in [0.15, 0.2) is 10.9 Å². The fourth-order valence-electron chi connectivity index (χ4n) is 3.35. The number of thioether (sulfide) groups is 1. The second kappa shape index (κ2) is 9.25. The number of pyridine rings is 1. The van der Waals surface area contributed by atoms with E-state index in [1.165, 1.54) is 11.8 Å². The van der Waals surface area contributed by atoms with Crippen molar-refractivity contribution in [1.82, 2.24) is 20.3 Å². The molecular formula is C19H22ClN5O3S. The summed E-state index contributed by atoms with van der Waals surface area (Å²) < 4.78 is 11.5. The lowest BCUT2D eigenvalue weighted by atomic mass is 10.0. The summed E-state index contributed by atoms with van der Waals surface area (Å²) in [5, 5.41) is 3.68. The largest absolute Gasteiger partial charge is 0.356 e. The van der Waals surface area contributed by atoms with Gasteiger partial charge in [-0.1, -0.05) is 29.4 Å². The molecule has 0 bridgehead atoms. The molecule has 0 atom stereocenters. The molecule has 0 radical (unpaired) electrons. The maximum absolute atomic E-state index is 12.1. The molecule has 2 fully saturated rings. The van der Waals surface area contributed by atoms with Crippen LogP contribution in [0.4, 0.5) is 5.82 Å². The van der Waals surface area contributed by atoms with Gasteiger partial charge in [-0.2, -0.15) is 0 Å². The van der Waals surface area contributed by atoms with E-state index in [1.807, 2.05) is 18.2 Å². The average molecular weight is 436 g/mol. The van der Waals surface area contributed by atoms with Crippen molar-refractivity contribution in [3.63, 3.8) is 0 Å². The van der Waals surface area contributed by atoms with Gasteiger partial charge in [-0.25, -0.2) is 9.97 Å². The van der Waals surface area contributed by atoms with Crippen LogP contribution in [-0.4, -0.2) is 58.7 Å². The molecule has 2 aromatic rings. The highest BCUT2D eigenvalue weighted by Gasteiger charge is 2.40. The Labute approximate surface area is 178 Å². The molecule has 2 aromatic heterocycles. The van der Waals surface area contributed by atoms with Crippen molar-refractivity contribution < 1.29 is 14.3 Å². The zero-order valence-corrected chi connectivity index (χ0v) is 17.4. The van der Waals surface area contributed by atoms with Gasteiger partial charge in [-0.05, 0) is 12.1 Å². The molecule has 0 aromatic carbocycles. The molecule has 2 aliphatic heterocycles. The normalized spacial score (nSPS) is 18.2. The SMILES string of the molecule is O=C(CSc1nc(Cl)cc(N2CCC3(CC2)OCCO3)n1)NCc1ccccn1. The summed E-state index contributed by atoms with van der Waals surface area (Å²) in [5.74, 6) is 0.420. The highest BCUT2D eigenvalue weighted by Crippen LogP contribution is 2.33. The molecule has 2 saturated heterocycles. The first-order valence-corrected chi connectivity index (χ1v) is 10.9. The minimum Gasteiger partial charge on any atom is -0.356 e. The van der Waals surface area contributed by atoms with Crippen molar-refractivity contribution in [3.05, 3.63) is 41.3 Å². The number of nitrogens with one attached hydrogen (secondary N) is 1. The van der Waals surface area contributed by atoms with E-state index in [2.05, 4.69) is 25.2 Å². The van der Waals surface area contributed by atoms with E-state index >= 15 is 0 Å². The van der Waals surface area contributed by atoms with E-state index < -0.39 is 5.79 Å². The third kappa shape index (κ3) is 5.36. The highest BCUT2D eigenvalue weighted by atomic mass is 35.5. The van der Waals surface area contributed by atoms with E-state index in [4.69, 9.17) is 21.1 Å². The summed E-state index contributed by atoms with van der Waals surface area (Å²) in [6.45, 7) is 3.23. The van der Waals surface area contributed by atoms with Crippen LogP contribution in [0.1, 0.15) is 18.5 Å². The maximum atomic E-state index is 12.1. The summed E-state index contributed by atoms with van der Waals surface area (Å²) in [6, 6.07) is 7.34. The average Bonchev–Trinajstić information content (AvgIpc) is 3.19. The number of hydrogen-bond acceptors (Lipinski definition) is 8. The Morgan fingerprint density at radius 3 is 2.76 bits per heavy atom. The molecule has 1 N–H and O–H groups in total. The van der Waals surface area contributed by atoms with Gasteiger partial charge in [0.05, 0.1) is 31.2 Å². The number of amides is 1. The smallest absolute Gasteiger partial charge is 0.230 e. The number of rotatable bonds is 6. The Bertz CT molecular complexity index is 841. The van der Waals surface area contributed by atoms with Crippen LogP contribution in [-0.2, 0) is 20.8 Å². The van der Waals surface area contributed by atoms with Gasteiger partial charge in [0.1, 0.15) is 11.0 Å². The predicted molar refractivity (Wildman–Crippen MR) is 110 cm³/mol. The third-order valence-corrected chi connectivity index (χ3v) is 5.89. The molecule has 0 unspecified atom stereocenters. The molecule has 154 valence electrons. The molecule has 2 aliphatic rings. The third-order valence-electron chi connectivity index (χ3n) is 4.85. The molecule has 4 rings (SSSR count). The van der Waals surface area contributed by atoms with Crippen molar-refractivity contribution in [3.8, 4) is 0 Å². The van der Waals surface area contributed by atoms with Crippen LogP contribution < -0.4 is 10.2 Å². The molecule has 29 heavy (non-hydrogen) atoms. The van der Waals surface area contributed by atoms with Gasteiger partial charge in [0, 0.05) is 38.2 Å². The van der Waals surface area contributed by atoms with Crippen LogP contribution >= 0.6 is 23.4 Å². The van der Waals surface area contributed by atoms with Gasteiger partial charge < -0.3 is 19.7 Å². The maximum Gasteiger partial charge on any atom is 0.230 e. The van der Waals surface area contributed by atoms with Gasteiger partial charge in [-0.3, -0.25) is 9.78 Å². The minimum absolute atomic E-state index is 0.110. The number of carbonyl (C=O) groups is 1. The van der Waals surface area contributed by atoms with Crippen LogP contribution in [0, 0.1) is 0 Å². The van der Waals surface area contributed by atoms with E-state index in [0.717, 1.165) is 37.4 Å². The number of nitrogens with zero attached hydrogens (tertiary/aromatic N) is 4. The van der Waals surface area contributed by atoms with Gasteiger partial charge >= 0.3 is 0 Å². The first kappa shape index (κ1) is 20.3. The lowest BCUT2D eigenvalue weighted by Crippen LogP contribution is -2.45. The lowest BCUT2D eigenvalue weighted by molar-refractivity contribution is -0.169. The summed E-state index contributed by atoms with van der Waals surface area (Å²) in [7, 11) is 0. The number of piperidine rings is 1. The van der Waals surface area contributed by atoms with Crippen LogP contribution in [0.5, 0.6) is 0 Å². The molecule has 4 heterocycles. The summed E-state index contributed by atoms with van der Waals surface area (Å²) in [4.78, 5) is 27.3. The van der Waals surface area contributed by atoms with Gasteiger partial charge in [-0.15, -0.1) is 0 Å². The number of carbonyl (C=O) groups excluding carboxylic acids is 1. The van der Waals surface area contributed by atoms with Crippen LogP contribution in [0.15, 0.2) is 35.6 Å². The number of hydrogen-bond donors (Lipinski definition) is 1. The Morgan fingerprint density at radius 1 is 1.24 bits per heavy atom. The Kier molecular flexibility index (Phi) is 6.49. The van der Waals surface area contributed by atoms with Crippen LogP contribution in [0.2, 0.25) is 5.15 Å². The topological polar surface area (TPSA) is 89.5 Å². The van der Waals surface area contributed by atoms with E-state index in [1.54, 1.807) is 12.3 Å². The van der Waals surface area contributed by atoms with Crippen molar-refractivity contribution in [2.75, 3.05) is 37.0 Å². The number of anilines is 1. The predicted octanol–water partition coefficient (Wildman–Crippen LogP) is 2.28. The van der Waals surface area contributed by atoms with Crippen molar-refractivity contribution >= 4 is 35.1 Å². The van der Waals surface area contributed by atoms with Crippen molar-refractivity contribution in [1.29, 1.82) is 0 Å². The molecule has 8 nitrogen and oxygen atoms in total. The summed E-state index contributed by atoms with van der Waals surface area (Å²) in [6.07, 6.45) is 3.27. The van der Waals surface area contributed by atoms with Crippen LogP contribution in [0.25, 0.3) is 0 Å². The number of halogens is 1. The molecule has 1 spiro atoms. The lowest BCUT2D eigenvalue weighted by Gasteiger charge is -2.38. The fourth-order valence-corrected chi connectivity index (χ4v) is 4.26. The molecule has 0 aliphatic carbocycles. The van der Waals surface area contributed by atoms with Crippen molar-refractivity contribution in [2.45, 2.75) is 30.3 Å². The zero-order valence-electron chi connectivity index (χ0n) is 15.8. The Balaban J connectivity index is 1.30. The highest BCUT2D eigenvalue weighted by molar-refractivity contribution is 7.99. The molecule has 1 amide bonds. The second-order valence-electron chi connectivity index (χ2n) is 6.81. The molecular weight excluding hydrogens is 414 g/mol. The quantitative estimate of drug-likeness (QED) is 0.420. The van der Waals surface area contributed by atoms with E-state index in [-0.39, 0.29) is 11.7 Å². The fraction of sp³-hybridized carbons (Fsp3) is 0.474. The molecule has 0 saturated carbocycles. The standard InChI is InChI=1S/C19H22ClN5O3S/c20-15-11-16(25-7-4-19(5-8-25)27-9-10-28-19)24-18(23-15)29-13-17(26)22-12-14-3-1-2-6-21-14/h1-3,6,11H,4-5,7-10,12-13H2,(H,22,26). The first-order valence-electron chi connectivity index (χ1n) is 9.49. The van der Waals surface area contributed by atoms with E-state index in [0.29, 0.717) is 30.1 Å². The number of ether oxygens (including phenoxy) is 2. The number of aromatic nitrogens is 3. The van der Waals surface area contributed by atoms with Crippen LogP contribution in [0.3, 0.4) is 0 Å². The monoisotopic (exact) mass is 435 g/mol. The molecule has 10 heteroatoms. The summed E-state index contributed by atoms with van der Waals surface area (Å²) in [5.41, 5.74) is 0.810. The Morgan fingerprint density at radius 2 is 2.03 bits per heavy atom. The van der Waals surface area contributed by atoms with Gasteiger partial charge in [0.2, 0.25) is 5.91 Å². The zero-order chi connectivity index (χ0) is 20.1. The first-order chi connectivity index (χ1) is 14.1.